The Morgan fingerprint density at radius 1 is 1.21 bits per heavy atom. The summed E-state index contributed by atoms with van der Waals surface area (Å²) in [6, 6.07) is -1.18. The number of nitrogens with one attached hydrogen (secondary N) is 2. The fraction of sp³-hybridized carbons (Fsp3) is 0.889. The highest BCUT2D eigenvalue weighted by atomic mass is 16.3. The summed E-state index contributed by atoms with van der Waals surface area (Å²) in [6.45, 7) is 9.93. The van der Waals surface area contributed by atoms with Crippen LogP contribution in [0.4, 0.5) is 0 Å². The number of carbonyl (C=O) groups is 2. The monoisotopic (exact) mass is 341 g/mol. The fourth-order valence-corrected chi connectivity index (χ4v) is 3.50. The number of aliphatic hydroxyl groups excluding tert-OH is 1. The van der Waals surface area contributed by atoms with Crippen molar-refractivity contribution in [1.82, 2.24) is 10.6 Å². The van der Waals surface area contributed by atoms with Gasteiger partial charge in [-0.25, -0.2) is 0 Å². The lowest BCUT2D eigenvalue weighted by Crippen LogP contribution is -2.54. The number of amides is 2. The van der Waals surface area contributed by atoms with E-state index >= 15 is 0 Å². The Labute approximate surface area is 145 Å². The molecule has 0 aliphatic heterocycles. The van der Waals surface area contributed by atoms with E-state index in [9.17, 15) is 14.7 Å². The first-order valence-electron chi connectivity index (χ1n) is 9.15. The first-order chi connectivity index (χ1) is 11.1. The van der Waals surface area contributed by atoms with Crippen LogP contribution in [0.1, 0.15) is 53.9 Å². The van der Waals surface area contributed by atoms with Crippen molar-refractivity contribution in [2.24, 2.45) is 29.4 Å². The largest absolute Gasteiger partial charge is 0.391 e. The minimum atomic E-state index is -0.765. The van der Waals surface area contributed by atoms with E-state index in [1.54, 1.807) is 13.8 Å². The van der Waals surface area contributed by atoms with Crippen LogP contribution in [-0.2, 0) is 9.59 Å². The van der Waals surface area contributed by atoms with Crippen molar-refractivity contribution in [3.05, 3.63) is 0 Å². The molecule has 140 valence electrons. The van der Waals surface area contributed by atoms with Gasteiger partial charge in [-0.05, 0) is 44.4 Å². The fourth-order valence-electron chi connectivity index (χ4n) is 3.50. The van der Waals surface area contributed by atoms with Crippen LogP contribution in [0.25, 0.3) is 0 Å². The van der Waals surface area contributed by atoms with E-state index in [-0.39, 0.29) is 24.3 Å². The number of rotatable bonds is 7. The number of hydrogen-bond acceptors (Lipinski definition) is 4. The molecule has 24 heavy (non-hydrogen) atoms. The average Bonchev–Trinajstić information content (AvgIpc) is 2.49. The van der Waals surface area contributed by atoms with E-state index in [0.717, 1.165) is 12.8 Å². The maximum absolute atomic E-state index is 12.7. The molecule has 0 bridgehead atoms. The highest BCUT2D eigenvalue weighted by Gasteiger charge is 2.35. The molecule has 0 spiro atoms. The van der Waals surface area contributed by atoms with Gasteiger partial charge < -0.3 is 21.5 Å². The smallest absolute Gasteiger partial charge is 0.236 e. The van der Waals surface area contributed by atoms with E-state index < -0.39 is 18.2 Å². The van der Waals surface area contributed by atoms with Gasteiger partial charge in [0.15, 0.2) is 0 Å². The number of hydrogen-bond donors (Lipinski definition) is 4. The first kappa shape index (κ1) is 20.9. The van der Waals surface area contributed by atoms with Gasteiger partial charge in [-0.15, -0.1) is 0 Å². The normalized spacial score (nSPS) is 28.1. The van der Waals surface area contributed by atoms with Crippen molar-refractivity contribution < 1.29 is 14.7 Å². The molecule has 0 heterocycles. The Bertz CT molecular complexity index is 424. The molecular weight excluding hydrogens is 306 g/mol. The summed E-state index contributed by atoms with van der Waals surface area (Å²) >= 11 is 0. The molecule has 0 aromatic rings. The highest BCUT2D eigenvalue weighted by Crippen LogP contribution is 2.38. The molecule has 5 N–H and O–H groups in total. The van der Waals surface area contributed by atoms with Crippen molar-refractivity contribution in [3.8, 4) is 0 Å². The molecule has 1 fully saturated rings. The molecule has 2 unspecified atom stereocenters. The van der Waals surface area contributed by atoms with E-state index in [2.05, 4.69) is 31.4 Å². The van der Waals surface area contributed by atoms with Crippen LogP contribution in [0, 0.1) is 23.7 Å². The van der Waals surface area contributed by atoms with E-state index in [1.165, 1.54) is 6.42 Å². The van der Waals surface area contributed by atoms with Gasteiger partial charge in [-0.2, -0.15) is 0 Å². The third-order valence-corrected chi connectivity index (χ3v) is 5.18. The minimum Gasteiger partial charge on any atom is -0.391 e. The predicted molar refractivity (Wildman–Crippen MR) is 95.1 cm³/mol. The van der Waals surface area contributed by atoms with Gasteiger partial charge in [0.1, 0.15) is 0 Å². The van der Waals surface area contributed by atoms with Crippen LogP contribution < -0.4 is 16.4 Å². The van der Waals surface area contributed by atoms with Crippen LogP contribution in [0.15, 0.2) is 0 Å². The Kier molecular flexibility index (Phi) is 8.16. The maximum atomic E-state index is 12.7. The molecule has 6 heteroatoms. The maximum Gasteiger partial charge on any atom is 0.236 e. The van der Waals surface area contributed by atoms with Gasteiger partial charge in [0.05, 0.1) is 18.2 Å². The third kappa shape index (κ3) is 6.06. The summed E-state index contributed by atoms with van der Waals surface area (Å²) in [7, 11) is 0. The Morgan fingerprint density at radius 3 is 2.33 bits per heavy atom. The summed E-state index contributed by atoms with van der Waals surface area (Å²) < 4.78 is 0. The van der Waals surface area contributed by atoms with Crippen LogP contribution in [0.5, 0.6) is 0 Å². The molecule has 0 radical (unpaired) electrons. The molecule has 1 aliphatic rings. The zero-order valence-electron chi connectivity index (χ0n) is 15.7. The van der Waals surface area contributed by atoms with Crippen molar-refractivity contribution in [2.45, 2.75) is 72.1 Å². The molecule has 0 aromatic heterocycles. The van der Waals surface area contributed by atoms with Crippen molar-refractivity contribution >= 4 is 11.8 Å². The van der Waals surface area contributed by atoms with Crippen LogP contribution >= 0.6 is 0 Å². The summed E-state index contributed by atoms with van der Waals surface area (Å²) in [5, 5.41) is 15.5. The second-order valence-electron chi connectivity index (χ2n) is 7.82. The van der Waals surface area contributed by atoms with Gasteiger partial charge in [0.2, 0.25) is 11.8 Å². The second kappa shape index (κ2) is 9.37. The van der Waals surface area contributed by atoms with Crippen LogP contribution in [-0.4, -0.2) is 41.7 Å². The first-order valence-corrected chi connectivity index (χ1v) is 9.15. The van der Waals surface area contributed by atoms with Crippen molar-refractivity contribution in [2.75, 3.05) is 6.54 Å². The summed E-state index contributed by atoms with van der Waals surface area (Å²) in [4.78, 5) is 24.4. The van der Waals surface area contributed by atoms with Gasteiger partial charge in [-0.3, -0.25) is 9.59 Å². The minimum absolute atomic E-state index is 0.00697. The molecular formula is C18H35N3O3. The molecule has 0 saturated heterocycles. The van der Waals surface area contributed by atoms with E-state index in [1.807, 2.05) is 0 Å². The zero-order chi connectivity index (χ0) is 18.4. The lowest BCUT2D eigenvalue weighted by atomic mass is 9.70. The molecule has 1 rings (SSSR count). The molecule has 1 aliphatic carbocycles. The Balaban J connectivity index is 2.64. The predicted octanol–water partition coefficient (Wildman–Crippen LogP) is 1.02. The average molecular weight is 341 g/mol. The molecule has 0 aromatic carbocycles. The van der Waals surface area contributed by atoms with Crippen LogP contribution in [0.2, 0.25) is 0 Å². The number of nitrogens with two attached hydrogens (primary N) is 1. The standard InChI is InChI=1S/C18H35N3O3/c1-10(2)14-7-6-11(3)8-15(14)18(24)20-9-16(13(5)22)21-17(23)12(4)19/h10-16,22H,6-9,19H2,1-5H3,(H,20,24)(H,21,23)/t11-,12?,13-,14+,15-,16?/m1/s1. The van der Waals surface area contributed by atoms with Gasteiger partial charge in [0.25, 0.3) is 0 Å². The van der Waals surface area contributed by atoms with Crippen LogP contribution in [0.3, 0.4) is 0 Å². The zero-order valence-corrected chi connectivity index (χ0v) is 15.7. The lowest BCUT2D eigenvalue weighted by molar-refractivity contribution is -0.130. The topological polar surface area (TPSA) is 104 Å². The molecule has 6 nitrogen and oxygen atoms in total. The Morgan fingerprint density at radius 2 is 1.83 bits per heavy atom. The van der Waals surface area contributed by atoms with E-state index in [0.29, 0.717) is 17.8 Å². The second-order valence-corrected chi connectivity index (χ2v) is 7.82. The highest BCUT2D eigenvalue weighted by molar-refractivity contribution is 5.82. The summed E-state index contributed by atoms with van der Waals surface area (Å²) in [5.41, 5.74) is 5.54. The molecule has 6 atom stereocenters. The lowest BCUT2D eigenvalue weighted by Gasteiger charge is -2.36. The molecule has 2 amide bonds. The van der Waals surface area contributed by atoms with Gasteiger partial charge in [-0.1, -0.05) is 27.2 Å². The number of carbonyl (C=O) groups excluding carboxylic acids is 2. The number of aliphatic hydroxyl groups is 1. The third-order valence-electron chi connectivity index (χ3n) is 5.18. The summed E-state index contributed by atoms with van der Waals surface area (Å²) in [6.07, 6.45) is 2.39. The molecule has 1 saturated carbocycles. The SMILES string of the molecule is CC(N)C(=O)NC(CNC(=O)[C@@H]1C[C@H](C)CC[C@H]1C(C)C)[C@@H](C)O. The Hall–Kier alpha value is -1.14. The summed E-state index contributed by atoms with van der Waals surface area (Å²) in [5.74, 6) is 1.12. The quantitative estimate of drug-likeness (QED) is 0.555. The van der Waals surface area contributed by atoms with Crippen molar-refractivity contribution in [1.29, 1.82) is 0 Å². The van der Waals surface area contributed by atoms with Crippen molar-refractivity contribution in [3.63, 3.8) is 0 Å². The van der Waals surface area contributed by atoms with Gasteiger partial charge >= 0.3 is 0 Å². The van der Waals surface area contributed by atoms with Gasteiger partial charge in [0, 0.05) is 12.5 Å². The van der Waals surface area contributed by atoms with E-state index in [4.69, 9.17) is 5.73 Å².